The van der Waals surface area contributed by atoms with Crippen LogP contribution in [-0.2, 0) is 4.79 Å². The molecule has 1 rings (SSSR count). The molecule has 110 valence electrons. The van der Waals surface area contributed by atoms with E-state index < -0.39 is 5.97 Å². The number of hydrogen-bond acceptors (Lipinski definition) is 2. The molecule has 6 heteroatoms. The number of ether oxygens (including phenoxy) is 1. The van der Waals surface area contributed by atoms with Gasteiger partial charge in [-0.25, -0.2) is 4.79 Å². The van der Waals surface area contributed by atoms with Crippen molar-refractivity contribution in [2.24, 2.45) is 0 Å². The van der Waals surface area contributed by atoms with Gasteiger partial charge in [0, 0.05) is 10.0 Å². The van der Waals surface area contributed by atoms with Crippen LogP contribution in [0.2, 0.25) is 0 Å². The first-order chi connectivity index (χ1) is 9.35. The number of rotatable bonds is 6. The Morgan fingerprint density at radius 3 is 2.35 bits per heavy atom. The van der Waals surface area contributed by atoms with Gasteiger partial charge in [0.05, 0.1) is 8.95 Å². The number of aliphatic carboxylic acids is 1. The summed E-state index contributed by atoms with van der Waals surface area (Å²) in [4.78, 5) is 10.9. The molecule has 0 aliphatic rings. The van der Waals surface area contributed by atoms with E-state index in [0.717, 1.165) is 26.3 Å². The topological polar surface area (TPSA) is 46.5 Å². The summed E-state index contributed by atoms with van der Waals surface area (Å²) in [7, 11) is 0. The molecule has 1 unspecified atom stereocenters. The van der Waals surface area contributed by atoms with E-state index in [1.807, 2.05) is 19.1 Å². The minimum atomic E-state index is -0.927. The Morgan fingerprint density at radius 2 is 1.90 bits per heavy atom. The Labute approximate surface area is 143 Å². The van der Waals surface area contributed by atoms with Crippen LogP contribution in [0.25, 0.3) is 0 Å². The highest BCUT2D eigenvalue weighted by atomic mass is 79.9. The molecule has 0 aliphatic heterocycles. The largest absolute Gasteiger partial charge is 0.484 e. The number of carbonyl (C=O) groups is 1. The third-order valence-electron chi connectivity index (χ3n) is 2.58. The molecule has 1 aromatic carbocycles. The molecule has 0 bridgehead atoms. The fourth-order valence-electron chi connectivity index (χ4n) is 1.60. The lowest BCUT2D eigenvalue weighted by Crippen LogP contribution is -2.16. The maximum Gasteiger partial charge on any atom is 0.331 e. The second-order valence-corrected chi connectivity index (χ2v) is 6.92. The van der Waals surface area contributed by atoms with Crippen molar-refractivity contribution in [2.75, 3.05) is 0 Å². The predicted octanol–water partition coefficient (Wildman–Crippen LogP) is 5.55. The summed E-state index contributed by atoms with van der Waals surface area (Å²) in [6.45, 7) is 3.60. The van der Waals surface area contributed by atoms with Crippen molar-refractivity contribution in [3.05, 3.63) is 37.2 Å². The molecule has 1 aromatic rings. The molecule has 3 nitrogen and oxygen atoms in total. The third kappa shape index (κ3) is 5.22. The average Bonchev–Trinajstić information content (AvgIpc) is 2.33. The summed E-state index contributed by atoms with van der Waals surface area (Å²) < 4.78 is 8.48. The lowest BCUT2D eigenvalue weighted by atomic mass is 10.1. The first kappa shape index (κ1) is 17.7. The van der Waals surface area contributed by atoms with Gasteiger partial charge >= 0.3 is 5.97 Å². The number of benzene rings is 1. The van der Waals surface area contributed by atoms with Crippen LogP contribution in [0.5, 0.6) is 5.75 Å². The predicted molar refractivity (Wildman–Crippen MR) is 90.3 cm³/mol. The fourth-order valence-corrected chi connectivity index (χ4v) is 4.05. The molecule has 0 spiro atoms. The summed E-state index contributed by atoms with van der Waals surface area (Å²) in [6.07, 6.45) is 3.02. The fraction of sp³-hybridized carbons (Fsp3) is 0.357. The Morgan fingerprint density at radius 1 is 1.35 bits per heavy atom. The van der Waals surface area contributed by atoms with Crippen LogP contribution in [-0.4, -0.2) is 17.2 Å². The van der Waals surface area contributed by atoms with Crippen LogP contribution in [0, 0.1) is 0 Å². The lowest BCUT2D eigenvalue weighted by Gasteiger charge is -2.18. The first-order valence-corrected chi connectivity index (χ1v) is 8.46. The van der Waals surface area contributed by atoms with Gasteiger partial charge < -0.3 is 9.84 Å². The van der Waals surface area contributed by atoms with Gasteiger partial charge in [-0.15, -0.1) is 0 Å². The highest BCUT2D eigenvalue weighted by Crippen LogP contribution is 2.37. The summed E-state index contributed by atoms with van der Waals surface area (Å²) in [5, 5.41) is 8.96. The highest BCUT2D eigenvalue weighted by molar-refractivity contribution is 9.11. The SMILES string of the molecule is CCCC(/C=C(\C)C(=O)O)Oc1c(Br)cc(Br)cc1Br. The van der Waals surface area contributed by atoms with Crippen LogP contribution in [0.3, 0.4) is 0 Å². The minimum absolute atomic E-state index is 0.273. The van der Waals surface area contributed by atoms with Crippen molar-refractivity contribution in [3.8, 4) is 5.75 Å². The third-order valence-corrected chi connectivity index (χ3v) is 4.21. The normalized spacial score (nSPS) is 13.2. The Kier molecular flexibility index (Phi) is 7.26. The van der Waals surface area contributed by atoms with Crippen molar-refractivity contribution in [3.63, 3.8) is 0 Å². The van der Waals surface area contributed by atoms with Gasteiger partial charge in [-0.2, -0.15) is 0 Å². The number of hydrogen-bond donors (Lipinski definition) is 1. The van der Waals surface area contributed by atoms with Gasteiger partial charge in [-0.05, 0) is 63.4 Å². The van der Waals surface area contributed by atoms with Gasteiger partial charge in [0.1, 0.15) is 11.9 Å². The molecule has 0 heterocycles. The van der Waals surface area contributed by atoms with Gasteiger partial charge in [-0.1, -0.05) is 29.3 Å². The maximum atomic E-state index is 10.9. The number of halogens is 3. The van der Waals surface area contributed by atoms with Gasteiger partial charge in [0.15, 0.2) is 0 Å². The molecule has 1 atom stereocenters. The quantitative estimate of drug-likeness (QED) is 0.554. The van der Waals surface area contributed by atoms with E-state index in [1.165, 1.54) is 0 Å². The van der Waals surface area contributed by atoms with E-state index in [0.29, 0.717) is 5.75 Å². The van der Waals surface area contributed by atoms with E-state index in [-0.39, 0.29) is 11.7 Å². The molecule has 0 radical (unpaired) electrons. The molecule has 0 amide bonds. The van der Waals surface area contributed by atoms with Gasteiger partial charge in [0.25, 0.3) is 0 Å². The Hall–Kier alpha value is -0.330. The number of carboxylic acid groups (broad SMARTS) is 1. The molecular weight excluding hydrogens is 456 g/mol. The molecule has 0 saturated carbocycles. The molecule has 20 heavy (non-hydrogen) atoms. The molecule has 0 aliphatic carbocycles. The van der Waals surface area contributed by atoms with Crippen LogP contribution < -0.4 is 4.74 Å². The standard InChI is InChI=1S/C14H15Br3O3/c1-3-4-10(5-8(2)14(18)19)20-13-11(16)6-9(15)7-12(13)17/h5-7,10H,3-4H2,1-2H3,(H,18,19)/b8-5+. The van der Waals surface area contributed by atoms with E-state index in [9.17, 15) is 4.79 Å². The molecule has 1 N–H and O–H groups in total. The van der Waals surface area contributed by atoms with Crippen LogP contribution in [0.4, 0.5) is 0 Å². The van der Waals surface area contributed by atoms with Crippen molar-refractivity contribution in [2.45, 2.75) is 32.8 Å². The monoisotopic (exact) mass is 468 g/mol. The summed E-state index contributed by atoms with van der Waals surface area (Å²) >= 11 is 10.3. The maximum absolute atomic E-state index is 10.9. The minimum Gasteiger partial charge on any atom is -0.484 e. The first-order valence-electron chi connectivity index (χ1n) is 6.08. The zero-order chi connectivity index (χ0) is 15.3. The van der Waals surface area contributed by atoms with E-state index >= 15 is 0 Å². The molecule has 0 aromatic heterocycles. The number of carboxylic acids is 1. The smallest absolute Gasteiger partial charge is 0.331 e. The zero-order valence-corrected chi connectivity index (χ0v) is 15.9. The summed E-state index contributed by atoms with van der Waals surface area (Å²) in [6, 6.07) is 3.77. The van der Waals surface area contributed by atoms with E-state index in [2.05, 4.69) is 47.8 Å². The second-order valence-electron chi connectivity index (χ2n) is 4.30. The van der Waals surface area contributed by atoms with Crippen molar-refractivity contribution in [1.82, 2.24) is 0 Å². The summed E-state index contributed by atoms with van der Waals surface area (Å²) in [5.41, 5.74) is 0.285. The van der Waals surface area contributed by atoms with Crippen LogP contribution >= 0.6 is 47.8 Å². The Bertz CT molecular complexity index is 503. The van der Waals surface area contributed by atoms with E-state index in [4.69, 9.17) is 9.84 Å². The Balaban J connectivity index is 3.02. The second kappa shape index (κ2) is 8.20. The molecular formula is C14H15Br3O3. The summed E-state index contributed by atoms with van der Waals surface area (Å²) in [5.74, 6) is -0.260. The zero-order valence-electron chi connectivity index (χ0n) is 11.1. The van der Waals surface area contributed by atoms with Crippen molar-refractivity contribution in [1.29, 1.82) is 0 Å². The van der Waals surface area contributed by atoms with E-state index in [1.54, 1.807) is 13.0 Å². The average molecular weight is 471 g/mol. The molecule has 0 fully saturated rings. The highest BCUT2D eigenvalue weighted by Gasteiger charge is 2.15. The van der Waals surface area contributed by atoms with Crippen molar-refractivity contribution >= 4 is 53.8 Å². The lowest BCUT2D eigenvalue weighted by molar-refractivity contribution is -0.132. The van der Waals surface area contributed by atoms with Gasteiger partial charge in [-0.3, -0.25) is 0 Å². The van der Waals surface area contributed by atoms with Gasteiger partial charge in [0.2, 0.25) is 0 Å². The van der Waals surface area contributed by atoms with Crippen LogP contribution in [0.15, 0.2) is 37.2 Å². The molecule has 0 saturated heterocycles. The van der Waals surface area contributed by atoms with Crippen LogP contribution in [0.1, 0.15) is 26.7 Å². The van der Waals surface area contributed by atoms with Crippen molar-refractivity contribution < 1.29 is 14.6 Å².